The lowest BCUT2D eigenvalue weighted by atomic mass is 10.2. The van der Waals surface area contributed by atoms with Crippen LogP contribution in [0.3, 0.4) is 0 Å². The highest BCUT2D eigenvalue weighted by Gasteiger charge is 2.11. The van der Waals surface area contributed by atoms with Crippen molar-refractivity contribution in [2.24, 2.45) is 0 Å². The maximum atomic E-state index is 5.77. The summed E-state index contributed by atoms with van der Waals surface area (Å²) in [6, 6.07) is 4.04. The lowest BCUT2D eigenvalue weighted by molar-refractivity contribution is 0.249. The zero-order valence-corrected chi connectivity index (χ0v) is 13.0. The summed E-state index contributed by atoms with van der Waals surface area (Å²) in [4.78, 5) is 2.08. The van der Waals surface area contributed by atoms with Crippen LogP contribution in [-0.2, 0) is 6.54 Å². The summed E-state index contributed by atoms with van der Waals surface area (Å²) in [5.74, 6) is 1.52. The molecule has 0 aliphatic rings. The highest BCUT2D eigenvalue weighted by molar-refractivity contribution is 9.10. The second kappa shape index (κ2) is 7.61. The van der Waals surface area contributed by atoms with Crippen molar-refractivity contribution in [3.63, 3.8) is 0 Å². The summed E-state index contributed by atoms with van der Waals surface area (Å²) >= 11 is 3.53. The molecule has 18 heavy (non-hydrogen) atoms. The Kier molecular flexibility index (Phi) is 6.46. The maximum Gasteiger partial charge on any atom is 0.175 e. The number of nitrogens with one attached hydrogen (secondary N) is 1. The zero-order chi connectivity index (χ0) is 13.5. The normalized spacial score (nSPS) is 10.8. The monoisotopic (exact) mass is 316 g/mol. The molecular formula is C13H21BrN2O2. The molecule has 0 amide bonds. The minimum absolute atomic E-state index is 0.632. The van der Waals surface area contributed by atoms with E-state index in [9.17, 15) is 0 Å². The number of rotatable bonds is 7. The molecule has 4 nitrogen and oxygen atoms in total. The van der Waals surface area contributed by atoms with E-state index in [4.69, 9.17) is 9.47 Å². The fourth-order valence-corrected chi connectivity index (χ4v) is 2.15. The first-order chi connectivity index (χ1) is 8.58. The third kappa shape index (κ3) is 4.48. The molecule has 0 unspecified atom stereocenters. The number of likely N-dealkylation sites (N-methyl/N-ethyl adjacent to an activating group) is 1. The lowest BCUT2D eigenvalue weighted by Gasteiger charge is -2.16. The van der Waals surface area contributed by atoms with Crippen LogP contribution in [0.15, 0.2) is 16.6 Å². The van der Waals surface area contributed by atoms with E-state index in [0.29, 0.717) is 6.61 Å². The van der Waals surface area contributed by atoms with Gasteiger partial charge in [0.15, 0.2) is 11.5 Å². The van der Waals surface area contributed by atoms with E-state index in [-0.39, 0.29) is 0 Å². The average Bonchev–Trinajstić information content (AvgIpc) is 2.31. The summed E-state index contributed by atoms with van der Waals surface area (Å²) in [6.45, 7) is 2.30. The van der Waals surface area contributed by atoms with Crippen molar-refractivity contribution in [2.45, 2.75) is 6.54 Å². The van der Waals surface area contributed by atoms with Crippen molar-refractivity contribution < 1.29 is 9.47 Å². The van der Waals surface area contributed by atoms with Crippen LogP contribution in [0.1, 0.15) is 5.56 Å². The molecule has 0 atom stereocenters. The summed E-state index contributed by atoms with van der Waals surface area (Å²) in [5.41, 5.74) is 1.15. The van der Waals surface area contributed by atoms with E-state index in [1.165, 1.54) is 0 Å². The van der Waals surface area contributed by atoms with Gasteiger partial charge in [-0.25, -0.2) is 0 Å². The van der Waals surface area contributed by atoms with Crippen LogP contribution in [0.25, 0.3) is 0 Å². The van der Waals surface area contributed by atoms with Gasteiger partial charge >= 0.3 is 0 Å². The molecule has 5 heteroatoms. The van der Waals surface area contributed by atoms with Crippen LogP contribution >= 0.6 is 15.9 Å². The quantitative estimate of drug-likeness (QED) is 0.835. The summed E-state index contributed by atoms with van der Waals surface area (Å²) in [7, 11) is 7.61. The molecule has 0 spiro atoms. The number of ether oxygens (including phenoxy) is 2. The summed E-state index contributed by atoms with van der Waals surface area (Å²) in [5, 5.41) is 3.12. The minimum atomic E-state index is 0.632. The number of hydrogen-bond acceptors (Lipinski definition) is 4. The number of nitrogens with zero attached hydrogens (tertiary/aromatic N) is 1. The molecule has 1 N–H and O–H groups in total. The van der Waals surface area contributed by atoms with Crippen LogP contribution in [-0.4, -0.2) is 46.3 Å². The van der Waals surface area contributed by atoms with Crippen LogP contribution in [0, 0.1) is 0 Å². The van der Waals surface area contributed by atoms with Crippen LogP contribution in [0.4, 0.5) is 0 Å². The smallest absolute Gasteiger partial charge is 0.175 e. The van der Waals surface area contributed by atoms with E-state index < -0.39 is 0 Å². The van der Waals surface area contributed by atoms with Crippen molar-refractivity contribution in [3.8, 4) is 11.5 Å². The third-order valence-corrected chi connectivity index (χ3v) is 3.04. The molecule has 0 heterocycles. The van der Waals surface area contributed by atoms with Gasteiger partial charge in [0.05, 0.1) is 11.6 Å². The van der Waals surface area contributed by atoms with Gasteiger partial charge in [0.1, 0.15) is 6.61 Å². The van der Waals surface area contributed by atoms with Gasteiger partial charge < -0.3 is 19.7 Å². The van der Waals surface area contributed by atoms with E-state index in [1.54, 1.807) is 7.11 Å². The zero-order valence-electron chi connectivity index (χ0n) is 11.4. The first-order valence-electron chi connectivity index (χ1n) is 5.87. The Morgan fingerprint density at radius 3 is 2.61 bits per heavy atom. The Morgan fingerprint density at radius 1 is 1.33 bits per heavy atom. The van der Waals surface area contributed by atoms with Crippen molar-refractivity contribution in [2.75, 3.05) is 41.4 Å². The highest BCUT2D eigenvalue weighted by atomic mass is 79.9. The molecule has 102 valence electrons. The maximum absolute atomic E-state index is 5.77. The third-order valence-electron chi connectivity index (χ3n) is 2.46. The Morgan fingerprint density at radius 2 is 2.06 bits per heavy atom. The molecule has 0 aliphatic heterocycles. The fourth-order valence-electron chi connectivity index (χ4n) is 1.55. The molecule has 0 aliphatic carbocycles. The predicted molar refractivity (Wildman–Crippen MR) is 77.5 cm³/mol. The fraction of sp³-hybridized carbons (Fsp3) is 0.538. The Balaban J connectivity index is 2.82. The van der Waals surface area contributed by atoms with Gasteiger partial charge in [-0.1, -0.05) is 0 Å². The molecule has 1 aromatic carbocycles. The van der Waals surface area contributed by atoms with E-state index in [1.807, 2.05) is 33.3 Å². The van der Waals surface area contributed by atoms with Gasteiger partial charge in [0, 0.05) is 13.1 Å². The number of halogens is 1. The topological polar surface area (TPSA) is 33.7 Å². The number of benzene rings is 1. The van der Waals surface area contributed by atoms with Crippen molar-refractivity contribution >= 4 is 15.9 Å². The lowest BCUT2D eigenvalue weighted by Crippen LogP contribution is -2.19. The van der Waals surface area contributed by atoms with Gasteiger partial charge in [-0.05, 0) is 54.8 Å². The Labute approximate surface area is 117 Å². The number of hydrogen-bond donors (Lipinski definition) is 1. The van der Waals surface area contributed by atoms with Crippen LogP contribution < -0.4 is 14.8 Å². The number of methoxy groups -OCH3 is 1. The summed E-state index contributed by atoms with van der Waals surface area (Å²) < 4.78 is 12.1. The van der Waals surface area contributed by atoms with Crippen molar-refractivity contribution in [1.82, 2.24) is 10.2 Å². The Hall–Kier alpha value is -0.780. The van der Waals surface area contributed by atoms with Crippen LogP contribution in [0.2, 0.25) is 0 Å². The van der Waals surface area contributed by atoms with Gasteiger partial charge in [-0.2, -0.15) is 0 Å². The van der Waals surface area contributed by atoms with Gasteiger partial charge in [-0.3, -0.25) is 0 Å². The molecule has 1 aromatic rings. The SMILES string of the molecule is CNCc1cc(Br)c(OCCN(C)C)c(OC)c1. The molecule has 1 rings (SSSR count). The average molecular weight is 317 g/mol. The van der Waals surface area contributed by atoms with Gasteiger partial charge in [0.2, 0.25) is 0 Å². The first-order valence-corrected chi connectivity index (χ1v) is 6.66. The molecule has 0 aromatic heterocycles. The van der Waals surface area contributed by atoms with E-state index >= 15 is 0 Å². The molecular weight excluding hydrogens is 296 g/mol. The molecule has 0 saturated carbocycles. The van der Waals surface area contributed by atoms with E-state index in [2.05, 4.69) is 26.1 Å². The van der Waals surface area contributed by atoms with Gasteiger partial charge in [-0.15, -0.1) is 0 Å². The molecule has 0 radical (unpaired) electrons. The summed E-state index contributed by atoms with van der Waals surface area (Å²) in [6.07, 6.45) is 0. The minimum Gasteiger partial charge on any atom is -0.493 e. The first kappa shape index (κ1) is 15.3. The second-order valence-corrected chi connectivity index (χ2v) is 5.15. The second-order valence-electron chi connectivity index (χ2n) is 4.29. The van der Waals surface area contributed by atoms with Crippen LogP contribution in [0.5, 0.6) is 11.5 Å². The molecule has 0 saturated heterocycles. The largest absolute Gasteiger partial charge is 0.493 e. The predicted octanol–water partition coefficient (Wildman–Crippen LogP) is 2.12. The van der Waals surface area contributed by atoms with Gasteiger partial charge in [0.25, 0.3) is 0 Å². The van der Waals surface area contributed by atoms with E-state index in [0.717, 1.165) is 34.6 Å². The molecule has 0 bridgehead atoms. The van der Waals surface area contributed by atoms with Crippen molar-refractivity contribution in [3.05, 3.63) is 22.2 Å². The highest BCUT2D eigenvalue weighted by Crippen LogP contribution is 2.36. The molecule has 0 fully saturated rings. The van der Waals surface area contributed by atoms with Crippen molar-refractivity contribution in [1.29, 1.82) is 0 Å². The standard InChI is InChI=1S/C13H21BrN2O2/c1-15-9-10-7-11(14)13(12(8-10)17-4)18-6-5-16(2)3/h7-8,15H,5-6,9H2,1-4H3. The Bertz CT molecular complexity index is 383.